The van der Waals surface area contributed by atoms with Crippen LogP contribution in [-0.4, -0.2) is 11.6 Å². The fraction of sp³-hybridized carbons (Fsp3) is 0.400. The molecule has 1 heterocycles. The van der Waals surface area contributed by atoms with E-state index >= 15 is 0 Å². The molecule has 2 N–H and O–H groups in total. The number of benzene rings is 1. The molecule has 2 aromatic rings. The Morgan fingerprint density at radius 1 is 1.37 bits per heavy atom. The van der Waals surface area contributed by atoms with Gasteiger partial charge in [-0.25, -0.2) is 4.98 Å². The first-order chi connectivity index (χ1) is 9.28. The van der Waals surface area contributed by atoms with Gasteiger partial charge in [-0.3, -0.25) is 0 Å². The summed E-state index contributed by atoms with van der Waals surface area (Å²) >= 11 is 1.66. The minimum Gasteiger partial charge on any atom is -0.371 e. The van der Waals surface area contributed by atoms with Crippen molar-refractivity contribution in [3.8, 4) is 11.3 Å². The number of hydrogen-bond acceptors (Lipinski definition) is 4. The summed E-state index contributed by atoms with van der Waals surface area (Å²) in [4.78, 5) is 4.70. The van der Waals surface area contributed by atoms with Crippen molar-refractivity contribution in [2.75, 3.05) is 6.61 Å². The smallest absolute Gasteiger partial charge is 0.122 e. The molecule has 0 aliphatic heterocycles. The zero-order valence-electron chi connectivity index (χ0n) is 11.4. The van der Waals surface area contributed by atoms with Crippen molar-refractivity contribution in [2.24, 2.45) is 5.73 Å². The number of hydrogen-bond donors (Lipinski definition) is 1. The Balaban J connectivity index is 2.24. The van der Waals surface area contributed by atoms with Crippen molar-refractivity contribution >= 4 is 11.3 Å². The molecule has 19 heavy (non-hydrogen) atoms. The third kappa shape index (κ3) is 3.41. The molecule has 0 bridgehead atoms. The molecule has 1 atom stereocenters. The highest BCUT2D eigenvalue weighted by molar-refractivity contribution is 7.10. The van der Waals surface area contributed by atoms with E-state index in [1.807, 2.05) is 19.1 Å². The van der Waals surface area contributed by atoms with Gasteiger partial charge in [-0.15, -0.1) is 11.3 Å². The Kier molecular flexibility index (Phi) is 5.07. The molecule has 0 fully saturated rings. The summed E-state index contributed by atoms with van der Waals surface area (Å²) in [5.41, 5.74) is 8.93. The predicted molar refractivity (Wildman–Crippen MR) is 80.1 cm³/mol. The van der Waals surface area contributed by atoms with Gasteiger partial charge in [0.15, 0.2) is 0 Å². The maximum atomic E-state index is 5.70. The van der Waals surface area contributed by atoms with Gasteiger partial charge in [-0.05, 0) is 25.0 Å². The number of ether oxygens (including phenoxy) is 1. The summed E-state index contributed by atoms with van der Waals surface area (Å²) in [6.45, 7) is 5.41. The molecule has 0 radical (unpaired) electrons. The van der Waals surface area contributed by atoms with Crippen LogP contribution in [0.15, 0.2) is 29.6 Å². The first-order valence-corrected chi connectivity index (χ1v) is 7.52. The molecule has 0 amide bonds. The highest BCUT2D eigenvalue weighted by Gasteiger charge is 2.14. The molecule has 0 aliphatic carbocycles. The van der Waals surface area contributed by atoms with E-state index < -0.39 is 0 Å². The zero-order valence-corrected chi connectivity index (χ0v) is 12.2. The van der Waals surface area contributed by atoms with Gasteiger partial charge < -0.3 is 10.5 Å². The molecule has 0 spiro atoms. The van der Waals surface area contributed by atoms with Gasteiger partial charge in [0.25, 0.3) is 0 Å². The van der Waals surface area contributed by atoms with Gasteiger partial charge in [0.05, 0.1) is 5.69 Å². The standard InChI is InChI=1S/C15H20N2OS/c1-3-14(18-4-2)15-17-13(10-19-15)12-7-5-6-11(8-12)9-16/h5-8,10,14H,3-4,9,16H2,1-2H3. The number of rotatable bonds is 6. The Labute approximate surface area is 118 Å². The van der Waals surface area contributed by atoms with Crippen LogP contribution < -0.4 is 5.73 Å². The molecule has 0 aliphatic rings. The van der Waals surface area contributed by atoms with Crippen molar-refractivity contribution in [1.29, 1.82) is 0 Å². The molecule has 102 valence electrons. The summed E-state index contributed by atoms with van der Waals surface area (Å²) in [5.74, 6) is 0. The van der Waals surface area contributed by atoms with E-state index in [4.69, 9.17) is 15.5 Å². The molecule has 4 heteroatoms. The van der Waals surface area contributed by atoms with Crippen molar-refractivity contribution in [3.63, 3.8) is 0 Å². The lowest BCUT2D eigenvalue weighted by Crippen LogP contribution is -2.02. The summed E-state index contributed by atoms with van der Waals surface area (Å²) in [6.07, 6.45) is 1.06. The third-order valence-electron chi connectivity index (χ3n) is 2.99. The van der Waals surface area contributed by atoms with Gasteiger partial charge in [0.2, 0.25) is 0 Å². The van der Waals surface area contributed by atoms with E-state index in [1.165, 1.54) is 0 Å². The van der Waals surface area contributed by atoms with E-state index in [0.29, 0.717) is 6.54 Å². The van der Waals surface area contributed by atoms with Crippen LogP contribution in [0.2, 0.25) is 0 Å². The molecule has 1 aromatic carbocycles. The lowest BCUT2D eigenvalue weighted by atomic mass is 10.1. The highest BCUT2D eigenvalue weighted by Crippen LogP contribution is 2.29. The van der Waals surface area contributed by atoms with Crippen molar-refractivity contribution in [2.45, 2.75) is 32.9 Å². The average molecular weight is 276 g/mol. The third-order valence-corrected chi connectivity index (χ3v) is 3.93. The lowest BCUT2D eigenvalue weighted by molar-refractivity contribution is 0.0597. The Bertz CT molecular complexity index is 524. The molecule has 0 saturated carbocycles. The SMILES string of the molecule is CCOC(CC)c1nc(-c2cccc(CN)c2)cs1. The van der Waals surface area contributed by atoms with Gasteiger partial charge in [-0.2, -0.15) is 0 Å². The quantitative estimate of drug-likeness (QED) is 0.874. The van der Waals surface area contributed by atoms with Crippen molar-refractivity contribution < 1.29 is 4.74 Å². The monoisotopic (exact) mass is 276 g/mol. The van der Waals surface area contributed by atoms with Gasteiger partial charge in [0.1, 0.15) is 11.1 Å². The summed E-state index contributed by atoms with van der Waals surface area (Å²) < 4.78 is 5.70. The second kappa shape index (κ2) is 6.80. The Hall–Kier alpha value is -1.23. The van der Waals surface area contributed by atoms with E-state index in [0.717, 1.165) is 34.9 Å². The van der Waals surface area contributed by atoms with Crippen molar-refractivity contribution in [1.82, 2.24) is 4.98 Å². The maximum Gasteiger partial charge on any atom is 0.122 e. The van der Waals surface area contributed by atoms with Gasteiger partial charge in [-0.1, -0.05) is 25.1 Å². The van der Waals surface area contributed by atoms with Crippen LogP contribution in [0.5, 0.6) is 0 Å². The first-order valence-electron chi connectivity index (χ1n) is 6.64. The topological polar surface area (TPSA) is 48.1 Å². The minimum atomic E-state index is 0.112. The summed E-state index contributed by atoms with van der Waals surface area (Å²) in [7, 11) is 0. The molecule has 2 rings (SSSR count). The lowest BCUT2D eigenvalue weighted by Gasteiger charge is -2.11. The largest absolute Gasteiger partial charge is 0.371 e. The summed E-state index contributed by atoms with van der Waals surface area (Å²) in [6, 6.07) is 8.22. The van der Waals surface area contributed by atoms with Crippen LogP contribution in [0.4, 0.5) is 0 Å². The van der Waals surface area contributed by atoms with Gasteiger partial charge >= 0.3 is 0 Å². The fourth-order valence-corrected chi connectivity index (χ4v) is 2.95. The molecule has 1 unspecified atom stereocenters. The van der Waals surface area contributed by atoms with Crippen LogP contribution in [0.25, 0.3) is 11.3 Å². The van der Waals surface area contributed by atoms with Crippen LogP contribution in [0.1, 0.15) is 36.9 Å². The number of thiazole rings is 1. The van der Waals surface area contributed by atoms with E-state index in [9.17, 15) is 0 Å². The Morgan fingerprint density at radius 3 is 2.89 bits per heavy atom. The highest BCUT2D eigenvalue weighted by atomic mass is 32.1. The normalized spacial score (nSPS) is 12.6. The average Bonchev–Trinajstić information content (AvgIpc) is 2.94. The van der Waals surface area contributed by atoms with Crippen LogP contribution in [-0.2, 0) is 11.3 Å². The zero-order chi connectivity index (χ0) is 13.7. The second-order valence-electron chi connectivity index (χ2n) is 4.33. The minimum absolute atomic E-state index is 0.112. The maximum absolute atomic E-state index is 5.70. The van der Waals surface area contributed by atoms with Crippen molar-refractivity contribution in [3.05, 3.63) is 40.2 Å². The van der Waals surface area contributed by atoms with Gasteiger partial charge in [0, 0.05) is 24.1 Å². The molecule has 0 saturated heterocycles. The fourth-order valence-electron chi connectivity index (χ4n) is 1.99. The number of nitrogens with two attached hydrogens (primary N) is 1. The van der Waals surface area contributed by atoms with Crippen LogP contribution in [0, 0.1) is 0 Å². The van der Waals surface area contributed by atoms with E-state index in [2.05, 4.69) is 24.4 Å². The molecular formula is C15H20N2OS. The Morgan fingerprint density at radius 2 is 2.21 bits per heavy atom. The van der Waals surface area contributed by atoms with E-state index in [1.54, 1.807) is 11.3 Å². The number of aromatic nitrogens is 1. The summed E-state index contributed by atoms with van der Waals surface area (Å²) in [5, 5.41) is 3.14. The second-order valence-corrected chi connectivity index (χ2v) is 5.22. The van der Waals surface area contributed by atoms with Crippen LogP contribution in [0.3, 0.4) is 0 Å². The van der Waals surface area contributed by atoms with E-state index in [-0.39, 0.29) is 6.10 Å². The molecular weight excluding hydrogens is 256 g/mol. The predicted octanol–water partition coefficient (Wildman–Crippen LogP) is 3.76. The van der Waals surface area contributed by atoms with Crippen LogP contribution >= 0.6 is 11.3 Å². The molecule has 1 aromatic heterocycles. The molecule has 3 nitrogen and oxygen atoms in total. The first kappa shape index (κ1) is 14.2. The number of nitrogens with zero attached hydrogens (tertiary/aromatic N) is 1.